The molecule has 0 atom stereocenters. The first-order valence-corrected chi connectivity index (χ1v) is 8.62. The second-order valence-electron chi connectivity index (χ2n) is 6.24. The normalized spacial score (nSPS) is 10.3. The molecular weight excluding hydrogens is 378 g/mol. The Morgan fingerprint density at radius 1 is 0.690 bits per heavy atom. The molecule has 0 fully saturated rings. The molecular formula is C22H16F2N2O3. The Labute approximate surface area is 165 Å². The highest BCUT2D eigenvalue weighted by Crippen LogP contribution is 2.17. The highest BCUT2D eigenvalue weighted by molar-refractivity contribution is 6.07. The first-order chi connectivity index (χ1) is 13.8. The summed E-state index contributed by atoms with van der Waals surface area (Å²) in [5.74, 6) is -2.69. The Kier molecular flexibility index (Phi) is 5.78. The third-order valence-corrected chi connectivity index (χ3v) is 4.14. The van der Waals surface area contributed by atoms with E-state index in [9.17, 15) is 23.2 Å². The lowest BCUT2D eigenvalue weighted by Crippen LogP contribution is -2.15. The van der Waals surface area contributed by atoms with Gasteiger partial charge in [-0.3, -0.25) is 14.4 Å². The van der Waals surface area contributed by atoms with Crippen molar-refractivity contribution in [2.75, 3.05) is 10.6 Å². The van der Waals surface area contributed by atoms with Gasteiger partial charge in [-0.2, -0.15) is 0 Å². The number of ketones is 1. The molecule has 0 saturated heterocycles. The molecule has 0 heterocycles. The van der Waals surface area contributed by atoms with Crippen LogP contribution in [-0.4, -0.2) is 17.6 Å². The van der Waals surface area contributed by atoms with Crippen LogP contribution in [0.15, 0.2) is 66.7 Å². The van der Waals surface area contributed by atoms with Crippen molar-refractivity contribution in [3.8, 4) is 0 Å². The summed E-state index contributed by atoms with van der Waals surface area (Å²) in [5.41, 5.74) is 1.43. The largest absolute Gasteiger partial charge is 0.322 e. The summed E-state index contributed by atoms with van der Waals surface area (Å²) in [6.45, 7) is 1.45. The number of nitrogens with one attached hydrogen (secondary N) is 2. The quantitative estimate of drug-likeness (QED) is 0.618. The monoisotopic (exact) mass is 394 g/mol. The summed E-state index contributed by atoms with van der Waals surface area (Å²) in [6, 6.07) is 15.0. The van der Waals surface area contributed by atoms with E-state index in [4.69, 9.17) is 0 Å². The van der Waals surface area contributed by atoms with Crippen molar-refractivity contribution < 1.29 is 23.2 Å². The van der Waals surface area contributed by atoms with Crippen LogP contribution in [0.3, 0.4) is 0 Å². The molecule has 2 amide bonds. The fourth-order valence-corrected chi connectivity index (χ4v) is 2.55. The summed E-state index contributed by atoms with van der Waals surface area (Å²) in [6.07, 6.45) is 0. The van der Waals surface area contributed by atoms with Crippen LogP contribution in [0.4, 0.5) is 20.2 Å². The molecule has 3 aromatic rings. The summed E-state index contributed by atoms with van der Waals surface area (Å²) in [7, 11) is 0. The molecule has 0 radical (unpaired) electrons. The zero-order valence-corrected chi connectivity index (χ0v) is 15.3. The van der Waals surface area contributed by atoms with Gasteiger partial charge in [0.15, 0.2) is 5.78 Å². The van der Waals surface area contributed by atoms with Gasteiger partial charge in [0, 0.05) is 28.4 Å². The molecule has 0 bridgehead atoms. The SMILES string of the molecule is CC(=O)c1ccc(NC(=O)c2ccc(C(=O)Nc3ccc(F)cc3F)cc2)cc1. The molecule has 7 heteroatoms. The van der Waals surface area contributed by atoms with Gasteiger partial charge in [-0.25, -0.2) is 8.78 Å². The van der Waals surface area contributed by atoms with Crippen molar-refractivity contribution in [3.63, 3.8) is 0 Å². The smallest absolute Gasteiger partial charge is 0.255 e. The average molecular weight is 394 g/mol. The van der Waals surface area contributed by atoms with Crippen molar-refractivity contribution in [2.24, 2.45) is 0 Å². The zero-order valence-electron chi connectivity index (χ0n) is 15.3. The number of hydrogen-bond donors (Lipinski definition) is 2. The van der Waals surface area contributed by atoms with Gasteiger partial charge in [0.1, 0.15) is 11.6 Å². The van der Waals surface area contributed by atoms with E-state index < -0.39 is 23.4 Å². The minimum atomic E-state index is -0.884. The molecule has 5 nitrogen and oxygen atoms in total. The van der Waals surface area contributed by atoms with Gasteiger partial charge in [-0.05, 0) is 67.6 Å². The third kappa shape index (κ3) is 4.90. The van der Waals surface area contributed by atoms with Gasteiger partial charge >= 0.3 is 0 Å². The average Bonchev–Trinajstić information content (AvgIpc) is 2.70. The summed E-state index contributed by atoms with van der Waals surface area (Å²) < 4.78 is 26.6. The summed E-state index contributed by atoms with van der Waals surface area (Å²) in [5, 5.41) is 5.04. The summed E-state index contributed by atoms with van der Waals surface area (Å²) >= 11 is 0. The molecule has 0 aliphatic carbocycles. The fraction of sp³-hybridized carbons (Fsp3) is 0.0455. The molecule has 0 spiro atoms. The number of anilines is 2. The minimum absolute atomic E-state index is 0.0720. The van der Waals surface area contributed by atoms with E-state index in [1.54, 1.807) is 24.3 Å². The maximum absolute atomic E-state index is 13.6. The van der Waals surface area contributed by atoms with Crippen molar-refractivity contribution in [1.29, 1.82) is 0 Å². The van der Waals surface area contributed by atoms with Crippen LogP contribution in [0.2, 0.25) is 0 Å². The van der Waals surface area contributed by atoms with Crippen LogP contribution in [0.25, 0.3) is 0 Å². The molecule has 0 aromatic heterocycles. The second kappa shape index (κ2) is 8.43. The molecule has 29 heavy (non-hydrogen) atoms. The standard InChI is InChI=1S/C22H16F2N2O3/c1-13(27)14-6-9-18(10-7-14)25-21(28)15-2-4-16(5-3-15)22(29)26-20-11-8-17(23)12-19(20)24/h2-12H,1H3,(H,25,28)(H,26,29). The lowest BCUT2D eigenvalue weighted by molar-refractivity contribution is 0.101. The predicted molar refractivity (Wildman–Crippen MR) is 105 cm³/mol. The van der Waals surface area contributed by atoms with E-state index in [-0.39, 0.29) is 17.0 Å². The van der Waals surface area contributed by atoms with Gasteiger partial charge in [0.2, 0.25) is 0 Å². The minimum Gasteiger partial charge on any atom is -0.322 e. The number of Topliss-reactive ketones (excluding diaryl/α,β-unsaturated/α-hetero) is 1. The van der Waals surface area contributed by atoms with Crippen LogP contribution in [0, 0.1) is 11.6 Å². The van der Waals surface area contributed by atoms with Crippen molar-refractivity contribution in [2.45, 2.75) is 6.92 Å². The zero-order chi connectivity index (χ0) is 21.0. The third-order valence-electron chi connectivity index (χ3n) is 4.14. The Bertz CT molecular complexity index is 1080. The first-order valence-electron chi connectivity index (χ1n) is 8.62. The van der Waals surface area contributed by atoms with E-state index in [2.05, 4.69) is 10.6 Å². The second-order valence-corrected chi connectivity index (χ2v) is 6.24. The molecule has 146 valence electrons. The highest BCUT2D eigenvalue weighted by atomic mass is 19.1. The van der Waals surface area contributed by atoms with E-state index >= 15 is 0 Å². The molecule has 2 N–H and O–H groups in total. The molecule has 3 rings (SSSR count). The Morgan fingerprint density at radius 3 is 1.72 bits per heavy atom. The topological polar surface area (TPSA) is 75.3 Å². The number of carbonyl (C=O) groups excluding carboxylic acids is 3. The predicted octanol–water partition coefficient (Wildman–Crippen LogP) is 4.67. The van der Waals surface area contributed by atoms with Crippen molar-refractivity contribution in [3.05, 3.63) is 95.1 Å². The highest BCUT2D eigenvalue weighted by Gasteiger charge is 2.12. The van der Waals surface area contributed by atoms with Crippen LogP contribution in [0.5, 0.6) is 0 Å². The van der Waals surface area contributed by atoms with Crippen LogP contribution in [0.1, 0.15) is 38.0 Å². The number of amides is 2. The molecule has 3 aromatic carbocycles. The Balaban J connectivity index is 1.66. The van der Waals surface area contributed by atoms with E-state index in [1.165, 1.54) is 31.2 Å². The van der Waals surface area contributed by atoms with Crippen molar-refractivity contribution >= 4 is 29.0 Å². The van der Waals surface area contributed by atoms with E-state index in [0.29, 0.717) is 22.9 Å². The number of halogens is 2. The van der Waals surface area contributed by atoms with Crippen molar-refractivity contribution in [1.82, 2.24) is 0 Å². The lowest BCUT2D eigenvalue weighted by atomic mass is 10.1. The molecule has 0 aliphatic heterocycles. The number of hydrogen-bond acceptors (Lipinski definition) is 3. The molecule has 0 unspecified atom stereocenters. The lowest BCUT2D eigenvalue weighted by Gasteiger charge is -2.08. The number of benzene rings is 3. The summed E-state index contributed by atoms with van der Waals surface area (Å²) in [4.78, 5) is 35.8. The molecule has 0 aliphatic rings. The number of carbonyl (C=O) groups is 3. The van der Waals surface area contributed by atoms with Gasteiger partial charge in [-0.15, -0.1) is 0 Å². The maximum atomic E-state index is 13.6. The number of rotatable bonds is 5. The fourth-order valence-electron chi connectivity index (χ4n) is 2.55. The maximum Gasteiger partial charge on any atom is 0.255 e. The van der Waals surface area contributed by atoms with Gasteiger partial charge in [-0.1, -0.05) is 0 Å². The van der Waals surface area contributed by atoms with Crippen LogP contribution in [-0.2, 0) is 0 Å². The van der Waals surface area contributed by atoms with E-state index in [1.807, 2.05) is 0 Å². The Hall–Kier alpha value is -3.87. The molecule has 0 saturated carbocycles. The van der Waals surface area contributed by atoms with Crippen LogP contribution < -0.4 is 10.6 Å². The van der Waals surface area contributed by atoms with Gasteiger partial charge in [0.25, 0.3) is 11.8 Å². The van der Waals surface area contributed by atoms with E-state index in [0.717, 1.165) is 12.1 Å². The van der Waals surface area contributed by atoms with Crippen LogP contribution >= 0.6 is 0 Å². The Morgan fingerprint density at radius 2 is 1.21 bits per heavy atom. The first kappa shape index (κ1) is 19.9. The van der Waals surface area contributed by atoms with Gasteiger partial charge < -0.3 is 10.6 Å². The van der Waals surface area contributed by atoms with Gasteiger partial charge in [0.05, 0.1) is 5.69 Å².